The summed E-state index contributed by atoms with van der Waals surface area (Å²) in [5.74, 6) is -0.279. The van der Waals surface area contributed by atoms with E-state index in [2.05, 4.69) is 0 Å². The zero-order valence-electron chi connectivity index (χ0n) is 12.4. The van der Waals surface area contributed by atoms with Crippen molar-refractivity contribution in [2.45, 2.75) is 33.3 Å². The lowest BCUT2D eigenvalue weighted by Gasteiger charge is -2.32. The number of carbonyl (C=O) groups excluding carboxylic acids is 1. The highest BCUT2D eigenvalue weighted by Gasteiger charge is 2.34. The summed E-state index contributed by atoms with van der Waals surface area (Å²) in [6, 6.07) is 16.0. The smallest absolute Gasteiger partial charge is 0.303 e. The van der Waals surface area contributed by atoms with Gasteiger partial charge < -0.3 is 4.74 Å². The van der Waals surface area contributed by atoms with Gasteiger partial charge in [-0.2, -0.15) is 0 Å². The van der Waals surface area contributed by atoms with E-state index in [-0.39, 0.29) is 5.97 Å². The van der Waals surface area contributed by atoms with Crippen LogP contribution < -0.4 is 0 Å². The summed E-state index contributed by atoms with van der Waals surface area (Å²) in [7, 11) is 0. The van der Waals surface area contributed by atoms with Crippen molar-refractivity contribution < 1.29 is 9.53 Å². The maximum atomic E-state index is 11.6. The van der Waals surface area contributed by atoms with Crippen LogP contribution in [0.3, 0.4) is 0 Å². The Bertz CT molecular complexity index is 583. The minimum atomic E-state index is -0.761. The Balaban J connectivity index is 2.66. The van der Waals surface area contributed by atoms with Crippen LogP contribution in [0.5, 0.6) is 0 Å². The minimum absolute atomic E-state index is 0.279. The molecule has 0 bridgehead atoms. The van der Waals surface area contributed by atoms with E-state index in [0.29, 0.717) is 0 Å². The van der Waals surface area contributed by atoms with Crippen LogP contribution in [0.2, 0.25) is 0 Å². The van der Waals surface area contributed by atoms with Gasteiger partial charge in [0.1, 0.15) is 0 Å². The van der Waals surface area contributed by atoms with Gasteiger partial charge in [0, 0.05) is 18.1 Å². The van der Waals surface area contributed by atoms with Crippen molar-refractivity contribution in [1.82, 2.24) is 0 Å². The largest absolute Gasteiger partial charge is 0.450 e. The molecule has 0 spiro atoms. The Morgan fingerprint density at radius 2 is 1.30 bits per heavy atom. The summed E-state index contributed by atoms with van der Waals surface area (Å²) in [4.78, 5) is 11.6. The molecular weight excluding hydrogens is 248 g/mol. The molecule has 0 N–H and O–H groups in total. The molecule has 0 radical (unpaired) electrons. The number of aryl methyl sites for hydroxylation is 2. The van der Waals surface area contributed by atoms with Crippen LogP contribution >= 0.6 is 0 Å². The number of carbonyl (C=O) groups is 1. The van der Waals surface area contributed by atoms with E-state index < -0.39 is 5.60 Å². The molecule has 0 heterocycles. The number of esters is 1. The van der Waals surface area contributed by atoms with Gasteiger partial charge in [-0.05, 0) is 31.9 Å². The second kappa shape index (κ2) is 5.49. The van der Waals surface area contributed by atoms with Crippen LogP contribution in [0.1, 0.15) is 36.1 Å². The minimum Gasteiger partial charge on any atom is -0.450 e. The highest BCUT2D eigenvalue weighted by atomic mass is 16.6. The van der Waals surface area contributed by atoms with Crippen molar-refractivity contribution in [3.8, 4) is 0 Å². The lowest BCUT2D eigenvalue weighted by Crippen LogP contribution is -2.31. The molecule has 0 aliphatic carbocycles. The molecule has 20 heavy (non-hydrogen) atoms. The molecule has 0 aliphatic heterocycles. The first kappa shape index (κ1) is 14.3. The zero-order chi connectivity index (χ0) is 14.8. The first-order valence-corrected chi connectivity index (χ1v) is 6.77. The average molecular weight is 268 g/mol. The topological polar surface area (TPSA) is 26.3 Å². The van der Waals surface area contributed by atoms with Gasteiger partial charge in [-0.15, -0.1) is 0 Å². The molecule has 0 aliphatic rings. The van der Waals surface area contributed by atoms with Crippen LogP contribution in [0, 0.1) is 13.8 Å². The number of benzene rings is 2. The van der Waals surface area contributed by atoms with Crippen molar-refractivity contribution in [1.29, 1.82) is 0 Å². The van der Waals surface area contributed by atoms with Crippen LogP contribution in [0.25, 0.3) is 0 Å². The number of hydrogen-bond donors (Lipinski definition) is 0. The van der Waals surface area contributed by atoms with Crippen LogP contribution in [0.15, 0.2) is 48.5 Å². The Hall–Kier alpha value is -2.09. The lowest BCUT2D eigenvalue weighted by molar-refractivity contribution is -0.152. The summed E-state index contributed by atoms with van der Waals surface area (Å²) < 4.78 is 5.73. The van der Waals surface area contributed by atoms with Crippen molar-refractivity contribution in [3.63, 3.8) is 0 Å². The highest BCUT2D eigenvalue weighted by molar-refractivity contribution is 5.68. The normalized spacial score (nSPS) is 11.2. The van der Waals surface area contributed by atoms with Gasteiger partial charge in [0.25, 0.3) is 0 Å². The third-order valence-corrected chi connectivity index (χ3v) is 3.67. The Morgan fingerprint density at radius 1 is 0.900 bits per heavy atom. The van der Waals surface area contributed by atoms with Crippen molar-refractivity contribution in [3.05, 3.63) is 70.8 Å². The third kappa shape index (κ3) is 2.60. The lowest BCUT2D eigenvalue weighted by atomic mass is 9.83. The molecule has 2 heteroatoms. The van der Waals surface area contributed by atoms with Crippen LogP contribution in [-0.4, -0.2) is 5.97 Å². The zero-order valence-corrected chi connectivity index (χ0v) is 12.4. The Labute approximate surface area is 120 Å². The monoisotopic (exact) mass is 268 g/mol. The summed E-state index contributed by atoms with van der Waals surface area (Å²) in [6.45, 7) is 7.48. The molecule has 0 unspecified atom stereocenters. The maximum absolute atomic E-state index is 11.6. The van der Waals surface area contributed by atoms with Gasteiger partial charge in [-0.25, -0.2) is 0 Å². The van der Waals surface area contributed by atoms with Crippen molar-refractivity contribution in [2.24, 2.45) is 0 Å². The van der Waals surface area contributed by atoms with Crippen LogP contribution in [0.4, 0.5) is 0 Å². The van der Waals surface area contributed by atoms with Crippen LogP contribution in [-0.2, 0) is 15.1 Å². The fourth-order valence-electron chi connectivity index (χ4n) is 2.76. The average Bonchev–Trinajstić information content (AvgIpc) is 2.38. The van der Waals surface area contributed by atoms with E-state index in [9.17, 15) is 4.79 Å². The number of ether oxygens (including phenoxy) is 1. The van der Waals surface area contributed by atoms with Crippen molar-refractivity contribution >= 4 is 5.97 Å². The van der Waals surface area contributed by atoms with Gasteiger partial charge in [0.05, 0.1) is 0 Å². The van der Waals surface area contributed by atoms with Gasteiger partial charge in [-0.3, -0.25) is 4.79 Å². The third-order valence-electron chi connectivity index (χ3n) is 3.67. The number of hydrogen-bond acceptors (Lipinski definition) is 2. The molecular formula is C18H20O2. The summed E-state index contributed by atoms with van der Waals surface area (Å²) in [5, 5.41) is 0. The van der Waals surface area contributed by atoms with Gasteiger partial charge in [0.15, 0.2) is 5.60 Å². The first-order valence-electron chi connectivity index (χ1n) is 6.77. The SMILES string of the molecule is CC(=O)OC(C)(c1ccccc1C)c1ccccc1C. The predicted octanol–water partition coefficient (Wildman–Crippen LogP) is 4.13. The molecule has 0 atom stereocenters. The number of rotatable bonds is 3. The Morgan fingerprint density at radius 3 is 1.65 bits per heavy atom. The molecule has 2 rings (SSSR count). The summed E-state index contributed by atoms with van der Waals surface area (Å²) in [6.07, 6.45) is 0. The molecule has 2 aromatic rings. The molecule has 0 aromatic heterocycles. The van der Waals surface area contributed by atoms with E-state index in [1.54, 1.807) is 0 Å². The fourth-order valence-corrected chi connectivity index (χ4v) is 2.76. The standard InChI is InChI=1S/C18H20O2/c1-13-9-5-7-11-16(13)18(4,20-15(3)19)17-12-8-6-10-14(17)2/h5-12H,1-4H3. The first-order chi connectivity index (χ1) is 9.45. The van der Waals surface area contributed by atoms with E-state index in [0.717, 1.165) is 22.3 Å². The second-order valence-corrected chi connectivity index (χ2v) is 5.26. The molecule has 0 saturated heterocycles. The summed E-state index contributed by atoms with van der Waals surface area (Å²) >= 11 is 0. The van der Waals surface area contributed by atoms with E-state index in [1.165, 1.54) is 6.92 Å². The predicted molar refractivity (Wildman–Crippen MR) is 80.6 cm³/mol. The highest BCUT2D eigenvalue weighted by Crippen LogP contribution is 2.36. The maximum Gasteiger partial charge on any atom is 0.303 e. The van der Waals surface area contributed by atoms with E-state index >= 15 is 0 Å². The van der Waals surface area contributed by atoms with Gasteiger partial charge in [-0.1, -0.05) is 48.5 Å². The van der Waals surface area contributed by atoms with Crippen molar-refractivity contribution in [2.75, 3.05) is 0 Å². The fraction of sp³-hybridized carbons (Fsp3) is 0.278. The Kier molecular flexibility index (Phi) is 3.93. The summed E-state index contributed by atoms with van der Waals surface area (Å²) in [5.41, 5.74) is 3.50. The molecule has 0 amide bonds. The molecule has 2 aromatic carbocycles. The molecule has 104 valence electrons. The quantitative estimate of drug-likeness (QED) is 0.782. The second-order valence-electron chi connectivity index (χ2n) is 5.26. The molecule has 0 saturated carbocycles. The van der Waals surface area contributed by atoms with E-state index in [4.69, 9.17) is 4.74 Å². The van der Waals surface area contributed by atoms with Gasteiger partial charge in [0.2, 0.25) is 0 Å². The molecule has 0 fully saturated rings. The van der Waals surface area contributed by atoms with Gasteiger partial charge >= 0.3 is 5.97 Å². The molecule has 2 nitrogen and oxygen atoms in total. The van der Waals surface area contributed by atoms with E-state index in [1.807, 2.05) is 69.3 Å².